The third kappa shape index (κ3) is 44.6. The number of aromatic amines is 1. The lowest BCUT2D eigenvalue weighted by Gasteiger charge is -2.19. The van der Waals surface area contributed by atoms with E-state index in [1.807, 2.05) is 54.6 Å². The minimum atomic E-state index is -0.258. The number of aromatic nitrogens is 1. The van der Waals surface area contributed by atoms with Crippen molar-refractivity contribution in [3.63, 3.8) is 0 Å². The molecule has 3 N–H and O–H groups in total. The Labute approximate surface area is 837 Å². The predicted molar refractivity (Wildman–Crippen MR) is 581 cm³/mol. The standard InChI is InChI=1S/C122H186N6O10/c1-7-13-19-25-31-37-43-49-55-61-87-133-113-95-101(96-114(134-88-62-56-50-44-38-32-26-20-14-8-2)119(113)137-91-65-59-53-47-41-35-29-23-17-11-5)121(129)123-85-67-93-131-103-73-69-99(70-74-103)117-109-81-77-105(125-109)107-79-83-111(127-107)118(112-84-80-108(128-112)106-78-82-110(117)126-106)100-71-75-104(76-72-100)132-94-68-86-124-122(130)102-97-115(135-89-63-57-51-45-39-33-27-21-15-9-3)120(138-92-66-60-54-48-42-36-30-24-18-12-6)116(98-102)136-90-64-58-52-46-40-34-28-22-16-10-4/h69-84,95-98,105,127H,7-68,85-94H2,1-6H3,(H,123,129)(H,124,130)/b117-110-,118-112-. The number of nitrogens with zero attached hydrogens (tertiary/aromatic N) is 3. The van der Waals surface area contributed by atoms with Gasteiger partial charge in [0.2, 0.25) is 11.5 Å². The van der Waals surface area contributed by atoms with Gasteiger partial charge < -0.3 is 53.5 Å². The average molecular weight is 1900 g/mol. The topological polar surface area (TPSA) is 185 Å². The van der Waals surface area contributed by atoms with Gasteiger partial charge in [-0.25, -0.2) is 9.98 Å². The number of hydrogen-bond acceptors (Lipinski definition) is 13. The fourth-order valence-corrected chi connectivity index (χ4v) is 18.9. The van der Waals surface area contributed by atoms with Crippen LogP contribution < -0.4 is 48.5 Å². The van der Waals surface area contributed by atoms with Gasteiger partial charge in [-0.15, -0.1) is 0 Å². The number of benzene rings is 4. The summed E-state index contributed by atoms with van der Waals surface area (Å²) in [6.07, 6.45) is 88.6. The molecule has 4 aliphatic heterocycles. The van der Waals surface area contributed by atoms with Crippen LogP contribution >= 0.6 is 0 Å². The molecule has 2 amide bonds. The summed E-state index contributed by atoms with van der Waals surface area (Å²) in [5.74, 6) is 4.72. The van der Waals surface area contributed by atoms with Crippen LogP contribution in [-0.4, -0.2) is 99.9 Å². The van der Waals surface area contributed by atoms with Crippen LogP contribution in [0.4, 0.5) is 0 Å². The van der Waals surface area contributed by atoms with Crippen LogP contribution in [0.1, 0.15) is 489 Å². The molecule has 5 aromatic rings. The predicted octanol–water partition coefficient (Wildman–Crippen LogP) is 34.5. The van der Waals surface area contributed by atoms with Gasteiger partial charge in [0.1, 0.15) is 17.5 Å². The maximum absolute atomic E-state index is 14.3. The largest absolute Gasteiger partial charge is 0.494 e. The van der Waals surface area contributed by atoms with Crippen molar-refractivity contribution in [3.05, 3.63) is 166 Å². The molecule has 1 aromatic heterocycles. The van der Waals surface area contributed by atoms with Crippen LogP contribution in [0.3, 0.4) is 0 Å². The maximum atomic E-state index is 14.3. The lowest BCUT2D eigenvalue weighted by atomic mass is 9.98. The van der Waals surface area contributed by atoms with Crippen molar-refractivity contribution in [2.45, 2.75) is 446 Å². The van der Waals surface area contributed by atoms with Gasteiger partial charge >= 0.3 is 0 Å². The number of rotatable bonds is 86. The molecular weight excluding hydrogens is 1710 g/mol. The Kier molecular flexibility index (Phi) is 59.2. The third-order valence-corrected chi connectivity index (χ3v) is 27.4. The molecule has 4 aliphatic rings. The molecule has 1 atom stereocenters. The summed E-state index contributed by atoms with van der Waals surface area (Å²) in [6, 6.07) is 27.9. The number of unbranched alkanes of at least 4 members (excludes halogenated alkanes) is 54. The van der Waals surface area contributed by atoms with Crippen molar-refractivity contribution in [1.82, 2.24) is 15.6 Å². The summed E-state index contributed by atoms with van der Waals surface area (Å²) in [6.45, 7) is 18.7. The highest BCUT2D eigenvalue weighted by Crippen LogP contribution is 2.43. The molecule has 0 aliphatic carbocycles. The molecular formula is C122H186N6O10. The van der Waals surface area contributed by atoms with E-state index in [2.05, 4.69) is 124 Å². The second-order valence-corrected chi connectivity index (χ2v) is 39.6. The monoisotopic (exact) mass is 1900 g/mol. The first kappa shape index (κ1) is 113. The van der Waals surface area contributed by atoms with Gasteiger partial charge in [-0.3, -0.25) is 14.6 Å². The van der Waals surface area contributed by atoms with E-state index >= 15 is 0 Å². The van der Waals surface area contributed by atoms with Crippen LogP contribution in [0.5, 0.6) is 46.0 Å². The molecule has 0 fully saturated rings. The van der Waals surface area contributed by atoms with Gasteiger partial charge in [-0.1, -0.05) is 419 Å². The van der Waals surface area contributed by atoms with E-state index < -0.39 is 0 Å². The normalized spacial score (nSPS) is 14.7. The highest BCUT2D eigenvalue weighted by Gasteiger charge is 2.28. The van der Waals surface area contributed by atoms with E-state index in [1.165, 1.54) is 308 Å². The lowest BCUT2D eigenvalue weighted by Crippen LogP contribution is -2.25. The Balaban J connectivity index is 0.804. The molecule has 5 heterocycles. The molecule has 764 valence electrons. The molecule has 8 bridgehead atoms. The number of amides is 2. The summed E-state index contributed by atoms with van der Waals surface area (Å²) in [5.41, 5.74) is 10.7. The second-order valence-electron chi connectivity index (χ2n) is 39.6. The summed E-state index contributed by atoms with van der Waals surface area (Å²) in [7, 11) is 0. The summed E-state index contributed by atoms with van der Waals surface area (Å²) in [5, 5.41) is 6.41. The summed E-state index contributed by atoms with van der Waals surface area (Å²) < 4.78 is 52.8. The van der Waals surface area contributed by atoms with E-state index in [-0.39, 0.29) is 17.9 Å². The maximum Gasteiger partial charge on any atom is 0.251 e. The van der Waals surface area contributed by atoms with Crippen LogP contribution in [-0.2, 0) is 0 Å². The van der Waals surface area contributed by atoms with Crippen LogP contribution in [0.25, 0.3) is 11.1 Å². The molecule has 9 rings (SSSR count). The Morgan fingerprint density at radius 3 is 0.848 bits per heavy atom. The Morgan fingerprint density at radius 1 is 0.275 bits per heavy atom. The second kappa shape index (κ2) is 72.5. The minimum absolute atomic E-state index is 0.178. The van der Waals surface area contributed by atoms with Crippen LogP contribution in [0, 0.1) is 0 Å². The average Bonchev–Trinajstić information content (AvgIpc) is 1.62. The van der Waals surface area contributed by atoms with Crippen LogP contribution in [0.2, 0.25) is 0 Å². The molecule has 16 nitrogen and oxygen atoms in total. The number of carbonyl (C=O) groups excluding carboxylic acids is 2. The lowest BCUT2D eigenvalue weighted by molar-refractivity contribution is 0.0942. The highest BCUT2D eigenvalue weighted by molar-refractivity contribution is 6.52. The van der Waals surface area contributed by atoms with Gasteiger partial charge in [-0.05, 0) is 154 Å². The molecule has 0 saturated carbocycles. The van der Waals surface area contributed by atoms with Gasteiger partial charge in [0, 0.05) is 46.8 Å². The number of nitrogens with one attached hydrogen (secondary N) is 3. The van der Waals surface area contributed by atoms with Crippen molar-refractivity contribution in [2.75, 3.05) is 65.9 Å². The third-order valence-electron chi connectivity index (χ3n) is 27.4. The molecule has 1 unspecified atom stereocenters. The number of hydrogen-bond donors (Lipinski definition) is 3. The number of allylic oxidation sites excluding steroid dienone is 6. The quantitative estimate of drug-likeness (QED) is 0.0317. The molecule has 0 radical (unpaired) electrons. The van der Waals surface area contributed by atoms with Crippen LogP contribution in [0.15, 0.2) is 148 Å². The smallest absolute Gasteiger partial charge is 0.251 e. The Hall–Kier alpha value is -8.79. The number of aliphatic imine (C=N–C) groups is 3. The first-order valence-electron chi connectivity index (χ1n) is 56.9. The van der Waals surface area contributed by atoms with Crippen molar-refractivity contribution in [3.8, 4) is 46.0 Å². The minimum Gasteiger partial charge on any atom is -0.494 e. The van der Waals surface area contributed by atoms with E-state index in [4.69, 9.17) is 52.9 Å². The Bertz CT molecular complexity index is 4300. The molecule has 0 saturated heterocycles. The van der Waals surface area contributed by atoms with Gasteiger partial charge in [0.15, 0.2) is 23.0 Å². The fraction of sp³-hybridized carbons (Fsp3) is 0.648. The molecule has 138 heavy (non-hydrogen) atoms. The number of carbonyl (C=O) groups is 2. The van der Waals surface area contributed by atoms with Crippen molar-refractivity contribution in [1.29, 1.82) is 0 Å². The highest BCUT2D eigenvalue weighted by atomic mass is 16.6. The molecule has 0 spiro atoms. The Morgan fingerprint density at radius 2 is 0.543 bits per heavy atom. The van der Waals surface area contributed by atoms with Gasteiger partial charge in [0.25, 0.3) is 11.8 Å². The zero-order valence-corrected chi connectivity index (χ0v) is 87.5. The first-order chi connectivity index (χ1) is 68.2. The van der Waals surface area contributed by atoms with E-state index in [0.717, 1.165) is 151 Å². The first-order valence-corrected chi connectivity index (χ1v) is 56.9. The number of fused-ring (bicyclic) bond motifs is 7. The fourth-order valence-electron chi connectivity index (χ4n) is 18.9. The van der Waals surface area contributed by atoms with Crippen molar-refractivity contribution >= 4 is 40.1 Å². The SMILES string of the molecule is CCCCCCCCCCCCOc1cc(C(=O)NCCCOc2ccc(/C3=C4\C=CC(=N4)C4=N/C(=C(/c5ccc(OCCCNC(=O)c6cc(OCCCCCCCCCCCC)c(OCCCCCCCCCCCC)c(OCCCCCCCCCCCC)c6)cc5)c5ccc([nH]5)C5C=CC3=N5)C=C4)cc2)cc(OCCCCCCCCCCCC)c1OCCCCCCCCCCCC. The summed E-state index contributed by atoms with van der Waals surface area (Å²) >= 11 is 0. The number of ether oxygens (including phenoxy) is 8. The van der Waals surface area contributed by atoms with E-state index in [1.54, 1.807) is 0 Å². The summed E-state index contributed by atoms with van der Waals surface area (Å²) in [4.78, 5) is 48.4. The zero-order valence-electron chi connectivity index (χ0n) is 87.5. The molecule has 4 aromatic carbocycles. The zero-order chi connectivity index (χ0) is 96.8. The van der Waals surface area contributed by atoms with Gasteiger partial charge in [0.05, 0.1) is 81.4 Å². The molecule has 16 heteroatoms. The van der Waals surface area contributed by atoms with E-state index in [9.17, 15) is 9.59 Å². The van der Waals surface area contributed by atoms with Gasteiger partial charge in [-0.2, -0.15) is 0 Å². The number of H-pyrrole nitrogens is 1. The van der Waals surface area contributed by atoms with E-state index in [0.29, 0.717) is 124 Å². The van der Waals surface area contributed by atoms with Crippen molar-refractivity contribution < 1.29 is 47.5 Å². The van der Waals surface area contributed by atoms with Crippen molar-refractivity contribution in [2.24, 2.45) is 15.0 Å².